The number of nitrogens with one attached hydrogen (secondary N) is 1. The van der Waals surface area contributed by atoms with Crippen LogP contribution in [0.5, 0.6) is 5.75 Å². The molecule has 0 saturated carbocycles. The van der Waals surface area contributed by atoms with Crippen LogP contribution in [0.1, 0.15) is 10.5 Å². The summed E-state index contributed by atoms with van der Waals surface area (Å²) in [5.41, 5.74) is 0.226. The summed E-state index contributed by atoms with van der Waals surface area (Å²) in [7, 11) is 3.03. The lowest BCUT2D eigenvalue weighted by atomic mass is 10.2. The van der Waals surface area contributed by atoms with Crippen molar-refractivity contribution in [3.05, 3.63) is 56.4 Å². The summed E-state index contributed by atoms with van der Waals surface area (Å²) >= 11 is 11.8. The molecular formula is C14H12Cl2N2O3. The Morgan fingerprint density at radius 3 is 2.62 bits per heavy atom. The second-order valence-corrected chi connectivity index (χ2v) is 5.12. The van der Waals surface area contributed by atoms with E-state index in [4.69, 9.17) is 27.9 Å². The minimum Gasteiger partial charge on any atom is -0.491 e. The summed E-state index contributed by atoms with van der Waals surface area (Å²) < 4.78 is 6.41. The molecule has 0 bridgehead atoms. The van der Waals surface area contributed by atoms with Crippen LogP contribution >= 0.6 is 23.2 Å². The highest BCUT2D eigenvalue weighted by molar-refractivity contribution is 6.36. The molecule has 0 aliphatic heterocycles. The lowest BCUT2D eigenvalue weighted by Crippen LogP contribution is -2.21. The molecular weight excluding hydrogens is 315 g/mol. The normalized spacial score (nSPS) is 10.3. The SMILES string of the molecule is COc1cn(C)c(C(=O)Nc2ccc(Cl)cc2Cl)cc1=O. The van der Waals surface area contributed by atoms with Gasteiger partial charge < -0.3 is 14.6 Å². The number of benzene rings is 1. The molecule has 0 radical (unpaired) electrons. The van der Waals surface area contributed by atoms with Crippen molar-refractivity contribution in [2.24, 2.45) is 7.05 Å². The quantitative estimate of drug-likeness (QED) is 0.943. The molecule has 7 heteroatoms. The smallest absolute Gasteiger partial charge is 0.272 e. The van der Waals surface area contributed by atoms with E-state index >= 15 is 0 Å². The molecule has 0 spiro atoms. The Balaban J connectivity index is 2.32. The van der Waals surface area contributed by atoms with Crippen molar-refractivity contribution in [3.8, 4) is 5.75 Å². The lowest BCUT2D eigenvalue weighted by Gasteiger charge is -2.11. The van der Waals surface area contributed by atoms with Gasteiger partial charge in [0.2, 0.25) is 5.43 Å². The van der Waals surface area contributed by atoms with Crippen molar-refractivity contribution in [1.29, 1.82) is 0 Å². The standard InChI is InChI=1S/C14H12Cl2N2O3/c1-18-7-13(21-2)12(19)6-11(18)14(20)17-10-4-3-8(15)5-9(10)16/h3-7H,1-2H3,(H,17,20). The van der Waals surface area contributed by atoms with Gasteiger partial charge in [0.25, 0.3) is 5.91 Å². The minimum absolute atomic E-state index is 0.165. The number of amides is 1. The third kappa shape index (κ3) is 3.37. The van der Waals surface area contributed by atoms with Gasteiger partial charge in [-0.1, -0.05) is 23.2 Å². The number of methoxy groups -OCH3 is 1. The number of rotatable bonds is 3. The first kappa shape index (κ1) is 15.4. The molecule has 0 aliphatic rings. The average molecular weight is 327 g/mol. The van der Waals surface area contributed by atoms with Gasteiger partial charge in [0.15, 0.2) is 5.75 Å². The number of nitrogens with zero attached hydrogens (tertiary/aromatic N) is 1. The Hall–Kier alpha value is -1.98. The van der Waals surface area contributed by atoms with Crippen LogP contribution in [0, 0.1) is 0 Å². The Bertz CT molecular complexity index is 756. The van der Waals surface area contributed by atoms with Crippen LogP contribution in [0.25, 0.3) is 0 Å². The predicted molar refractivity (Wildman–Crippen MR) is 82.7 cm³/mol. The van der Waals surface area contributed by atoms with E-state index in [-0.39, 0.29) is 16.9 Å². The van der Waals surface area contributed by atoms with Crippen LogP contribution in [-0.2, 0) is 7.05 Å². The maximum Gasteiger partial charge on any atom is 0.272 e. The summed E-state index contributed by atoms with van der Waals surface area (Å²) in [5.74, 6) is -0.292. The Kier molecular flexibility index (Phi) is 4.55. The number of hydrogen-bond donors (Lipinski definition) is 1. The fourth-order valence-electron chi connectivity index (χ4n) is 1.76. The number of aryl methyl sites for hydroxylation is 1. The zero-order chi connectivity index (χ0) is 15.6. The van der Waals surface area contributed by atoms with Crippen LogP contribution in [0.2, 0.25) is 10.0 Å². The molecule has 0 aliphatic carbocycles. The van der Waals surface area contributed by atoms with E-state index in [2.05, 4.69) is 5.32 Å². The first-order chi connectivity index (χ1) is 9.92. The number of aromatic nitrogens is 1. The van der Waals surface area contributed by atoms with Crippen LogP contribution in [-0.4, -0.2) is 17.6 Å². The van der Waals surface area contributed by atoms with Gasteiger partial charge in [0, 0.05) is 18.1 Å². The van der Waals surface area contributed by atoms with Gasteiger partial charge in [-0.2, -0.15) is 0 Å². The molecule has 110 valence electrons. The predicted octanol–water partition coefficient (Wildman–Crippen LogP) is 2.95. The van der Waals surface area contributed by atoms with E-state index in [1.165, 1.54) is 30.0 Å². The zero-order valence-electron chi connectivity index (χ0n) is 11.3. The Labute approximate surface area is 131 Å². The molecule has 0 fully saturated rings. The minimum atomic E-state index is -0.457. The Morgan fingerprint density at radius 2 is 2.00 bits per heavy atom. The van der Waals surface area contributed by atoms with Gasteiger partial charge in [-0.25, -0.2) is 0 Å². The molecule has 2 aromatic rings. The average Bonchev–Trinajstić information content (AvgIpc) is 2.43. The molecule has 0 unspecified atom stereocenters. The number of carbonyl (C=O) groups excluding carboxylic acids is 1. The van der Waals surface area contributed by atoms with Gasteiger partial charge in [-0.05, 0) is 18.2 Å². The molecule has 1 N–H and O–H groups in total. The number of pyridine rings is 1. The van der Waals surface area contributed by atoms with Gasteiger partial charge in [0.05, 0.1) is 24.0 Å². The first-order valence-electron chi connectivity index (χ1n) is 5.93. The number of halogens is 2. The largest absolute Gasteiger partial charge is 0.491 e. The van der Waals surface area contributed by atoms with Gasteiger partial charge >= 0.3 is 0 Å². The van der Waals surface area contributed by atoms with E-state index in [0.29, 0.717) is 15.7 Å². The number of anilines is 1. The zero-order valence-corrected chi connectivity index (χ0v) is 12.8. The monoisotopic (exact) mass is 326 g/mol. The van der Waals surface area contributed by atoms with Crippen LogP contribution in [0.4, 0.5) is 5.69 Å². The van der Waals surface area contributed by atoms with Crippen LogP contribution in [0.3, 0.4) is 0 Å². The fourth-order valence-corrected chi connectivity index (χ4v) is 2.22. The van der Waals surface area contributed by atoms with E-state index < -0.39 is 5.91 Å². The number of hydrogen-bond acceptors (Lipinski definition) is 3. The summed E-state index contributed by atoms with van der Waals surface area (Å²) in [6.07, 6.45) is 1.45. The molecule has 21 heavy (non-hydrogen) atoms. The number of carbonyl (C=O) groups is 1. The summed E-state index contributed by atoms with van der Waals surface area (Å²) in [5, 5.41) is 3.41. The lowest BCUT2D eigenvalue weighted by molar-refractivity contribution is 0.101. The molecule has 1 aromatic heterocycles. The van der Waals surface area contributed by atoms with Gasteiger partial charge in [-0.3, -0.25) is 9.59 Å². The first-order valence-corrected chi connectivity index (χ1v) is 6.69. The summed E-state index contributed by atoms with van der Waals surface area (Å²) in [6, 6.07) is 5.92. The second-order valence-electron chi connectivity index (χ2n) is 4.28. The second kappa shape index (κ2) is 6.20. The van der Waals surface area contributed by atoms with Crippen molar-refractivity contribution in [2.45, 2.75) is 0 Å². The topological polar surface area (TPSA) is 60.3 Å². The van der Waals surface area contributed by atoms with Gasteiger partial charge in [-0.15, -0.1) is 0 Å². The summed E-state index contributed by atoms with van der Waals surface area (Å²) in [6.45, 7) is 0. The van der Waals surface area contributed by atoms with Gasteiger partial charge in [0.1, 0.15) is 5.69 Å². The van der Waals surface area contributed by atoms with Crippen LogP contribution < -0.4 is 15.5 Å². The third-order valence-electron chi connectivity index (χ3n) is 2.83. The van der Waals surface area contributed by atoms with Crippen molar-refractivity contribution in [3.63, 3.8) is 0 Å². The van der Waals surface area contributed by atoms with E-state index in [1.807, 2.05) is 0 Å². The number of ether oxygens (including phenoxy) is 1. The third-order valence-corrected chi connectivity index (χ3v) is 3.38. The molecule has 1 heterocycles. The van der Waals surface area contributed by atoms with Crippen molar-refractivity contribution in [1.82, 2.24) is 4.57 Å². The molecule has 1 amide bonds. The highest BCUT2D eigenvalue weighted by atomic mass is 35.5. The van der Waals surface area contributed by atoms with Crippen molar-refractivity contribution >= 4 is 34.8 Å². The Morgan fingerprint density at radius 1 is 1.29 bits per heavy atom. The van der Waals surface area contributed by atoms with E-state index in [1.54, 1.807) is 19.2 Å². The fraction of sp³-hybridized carbons (Fsp3) is 0.143. The summed E-state index contributed by atoms with van der Waals surface area (Å²) in [4.78, 5) is 24.0. The van der Waals surface area contributed by atoms with E-state index in [9.17, 15) is 9.59 Å². The molecule has 1 aromatic carbocycles. The molecule has 2 rings (SSSR count). The molecule has 0 atom stereocenters. The van der Waals surface area contributed by atoms with Crippen LogP contribution in [0.15, 0.2) is 35.3 Å². The van der Waals surface area contributed by atoms with Crippen molar-refractivity contribution < 1.29 is 9.53 Å². The molecule has 0 saturated heterocycles. The maximum atomic E-state index is 12.2. The van der Waals surface area contributed by atoms with Crippen molar-refractivity contribution in [2.75, 3.05) is 12.4 Å². The molecule has 5 nitrogen and oxygen atoms in total. The highest BCUT2D eigenvalue weighted by Crippen LogP contribution is 2.25. The maximum absolute atomic E-state index is 12.2. The highest BCUT2D eigenvalue weighted by Gasteiger charge is 2.14. The van der Waals surface area contributed by atoms with E-state index in [0.717, 1.165) is 0 Å².